The van der Waals surface area contributed by atoms with Crippen molar-refractivity contribution in [1.82, 2.24) is 14.5 Å². The van der Waals surface area contributed by atoms with Crippen molar-refractivity contribution in [3.63, 3.8) is 0 Å². The van der Waals surface area contributed by atoms with Crippen LogP contribution in [0.25, 0.3) is 20.7 Å². The fourth-order valence-corrected chi connectivity index (χ4v) is 6.68. The van der Waals surface area contributed by atoms with E-state index in [0.717, 1.165) is 41.1 Å². The van der Waals surface area contributed by atoms with Crippen LogP contribution >= 0.6 is 34.4 Å². The molecule has 3 aromatic heterocycles. The van der Waals surface area contributed by atoms with E-state index in [0.29, 0.717) is 16.6 Å². The van der Waals surface area contributed by atoms with Gasteiger partial charge in [0.05, 0.1) is 10.6 Å². The summed E-state index contributed by atoms with van der Waals surface area (Å²) in [5.41, 5.74) is 0.902. The third-order valence-electron chi connectivity index (χ3n) is 5.57. The van der Waals surface area contributed by atoms with E-state index in [1.54, 1.807) is 23.0 Å². The highest BCUT2D eigenvalue weighted by Crippen LogP contribution is 2.35. The third-order valence-corrected chi connectivity index (χ3v) is 8.48. The standard InChI is InChI=1S/C21H25N3O2S3/c1-4-14-8-5-6-10-24(14)19(25)13(2)29-21-22-18-17(20(26)23(21)3)15(12-28-18)16-9-7-11-27-16/h7,9,11-14H,4-6,8,10H2,1-3H3. The molecule has 1 aliphatic heterocycles. The number of aromatic nitrogens is 2. The van der Waals surface area contributed by atoms with Crippen LogP contribution in [0.3, 0.4) is 0 Å². The molecule has 4 heterocycles. The Labute approximate surface area is 182 Å². The van der Waals surface area contributed by atoms with E-state index in [2.05, 4.69) is 6.92 Å². The Hall–Kier alpha value is -1.64. The smallest absolute Gasteiger partial charge is 0.263 e. The number of carbonyl (C=O) groups excluding carboxylic acids is 1. The summed E-state index contributed by atoms with van der Waals surface area (Å²) in [7, 11) is 1.75. The molecule has 29 heavy (non-hydrogen) atoms. The van der Waals surface area contributed by atoms with Crippen LogP contribution in [-0.2, 0) is 11.8 Å². The summed E-state index contributed by atoms with van der Waals surface area (Å²) in [6.45, 7) is 4.91. The minimum Gasteiger partial charge on any atom is -0.339 e. The molecular formula is C21H25N3O2S3. The Morgan fingerprint density at radius 1 is 1.38 bits per heavy atom. The summed E-state index contributed by atoms with van der Waals surface area (Å²) < 4.78 is 1.59. The van der Waals surface area contributed by atoms with E-state index in [-0.39, 0.29) is 16.7 Å². The number of carbonyl (C=O) groups is 1. The fraction of sp³-hybridized carbons (Fsp3) is 0.476. The number of piperidine rings is 1. The molecule has 4 rings (SSSR count). The molecule has 5 nitrogen and oxygen atoms in total. The zero-order valence-corrected chi connectivity index (χ0v) is 19.3. The fourth-order valence-electron chi connectivity index (χ4n) is 3.93. The lowest BCUT2D eigenvalue weighted by molar-refractivity contribution is -0.134. The average molecular weight is 448 g/mol. The van der Waals surface area contributed by atoms with E-state index in [1.807, 2.05) is 34.7 Å². The summed E-state index contributed by atoms with van der Waals surface area (Å²) in [4.78, 5) is 34.8. The van der Waals surface area contributed by atoms with Crippen molar-refractivity contribution in [3.05, 3.63) is 33.2 Å². The second-order valence-electron chi connectivity index (χ2n) is 7.41. The number of thioether (sulfide) groups is 1. The van der Waals surface area contributed by atoms with Crippen molar-refractivity contribution in [2.45, 2.75) is 56.0 Å². The lowest BCUT2D eigenvalue weighted by Crippen LogP contribution is -2.46. The van der Waals surface area contributed by atoms with Gasteiger partial charge in [-0.25, -0.2) is 4.98 Å². The van der Waals surface area contributed by atoms with Crippen molar-refractivity contribution in [1.29, 1.82) is 0 Å². The van der Waals surface area contributed by atoms with Crippen LogP contribution in [0.1, 0.15) is 39.5 Å². The summed E-state index contributed by atoms with van der Waals surface area (Å²) in [5, 5.41) is 5.03. The van der Waals surface area contributed by atoms with Gasteiger partial charge in [-0.3, -0.25) is 14.2 Å². The second kappa shape index (κ2) is 8.62. The van der Waals surface area contributed by atoms with Crippen LogP contribution in [0.5, 0.6) is 0 Å². The lowest BCUT2D eigenvalue weighted by Gasteiger charge is -2.36. The first-order chi connectivity index (χ1) is 14.0. The average Bonchev–Trinajstić information content (AvgIpc) is 3.40. The molecule has 2 unspecified atom stereocenters. The van der Waals surface area contributed by atoms with Gasteiger partial charge in [-0.05, 0) is 44.1 Å². The maximum atomic E-state index is 13.1. The second-order valence-corrected chi connectivity index (χ2v) is 10.5. The molecule has 0 aliphatic carbocycles. The van der Waals surface area contributed by atoms with Crippen molar-refractivity contribution in [2.24, 2.45) is 7.05 Å². The molecule has 1 amide bonds. The van der Waals surface area contributed by atoms with Crippen molar-refractivity contribution in [3.8, 4) is 10.4 Å². The number of hydrogen-bond acceptors (Lipinski definition) is 6. The Morgan fingerprint density at radius 2 is 2.21 bits per heavy atom. The van der Waals surface area contributed by atoms with Gasteiger partial charge in [0.15, 0.2) is 5.16 Å². The van der Waals surface area contributed by atoms with Crippen molar-refractivity contribution < 1.29 is 4.79 Å². The SMILES string of the molecule is CCC1CCCCN1C(=O)C(C)Sc1nc2scc(-c3cccs3)c2c(=O)n1C. The zero-order chi connectivity index (χ0) is 20.5. The number of rotatable bonds is 5. The summed E-state index contributed by atoms with van der Waals surface area (Å²) in [5.74, 6) is 0.154. The van der Waals surface area contributed by atoms with Gasteiger partial charge in [0.1, 0.15) is 4.83 Å². The minimum atomic E-state index is -0.269. The predicted octanol–water partition coefficient (Wildman–Crippen LogP) is 5.00. The molecule has 2 atom stereocenters. The maximum Gasteiger partial charge on any atom is 0.263 e. The molecule has 0 saturated carbocycles. The Balaban J connectivity index is 1.62. The van der Waals surface area contributed by atoms with Crippen LogP contribution < -0.4 is 5.56 Å². The molecule has 0 radical (unpaired) electrons. The number of fused-ring (bicyclic) bond motifs is 1. The van der Waals surface area contributed by atoms with Crippen LogP contribution in [0.2, 0.25) is 0 Å². The molecule has 0 aromatic carbocycles. The molecule has 0 spiro atoms. The number of thiophene rings is 2. The van der Waals surface area contributed by atoms with Crippen LogP contribution in [0.15, 0.2) is 32.8 Å². The molecule has 0 N–H and O–H groups in total. The van der Waals surface area contributed by atoms with E-state index in [9.17, 15) is 9.59 Å². The minimum absolute atomic E-state index is 0.0498. The zero-order valence-electron chi connectivity index (χ0n) is 16.9. The first-order valence-corrected chi connectivity index (χ1v) is 12.6. The first-order valence-electron chi connectivity index (χ1n) is 10.0. The highest BCUT2D eigenvalue weighted by molar-refractivity contribution is 8.00. The van der Waals surface area contributed by atoms with E-state index >= 15 is 0 Å². The summed E-state index contributed by atoms with van der Waals surface area (Å²) in [6.07, 6.45) is 4.35. The number of amides is 1. The van der Waals surface area contributed by atoms with Gasteiger partial charge in [-0.1, -0.05) is 24.8 Å². The van der Waals surface area contributed by atoms with E-state index in [4.69, 9.17) is 4.98 Å². The van der Waals surface area contributed by atoms with Crippen molar-refractivity contribution >= 4 is 50.6 Å². The normalized spacial score (nSPS) is 18.3. The monoisotopic (exact) mass is 447 g/mol. The summed E-state index contributed by atoms with van der Waals surface area (Å²) >= 11 is 4.50. The van der Waals surface area contributed by atoms with Crippen LogP contribution in [0, 0.1) is 0 Å². The van der Waals surface area contributed by atoms with Gasteiger partial charge >= 0.3 is 0 Å². The number of likely N-dealkylation sites (tertiary alicyclic amines) is 1. The van der Waals surface area contributed by atoms with Gasteiger partial charge in [-0.15, -0.1) is 22.7 Å². The predicted molar refractivity (Wildman–Crippen MR) is 123 cm³/mol. The Bertz CT molecular complexity index is 1070. The molecule has 1 fully saturated rings. The van der Waals surface area contributed by atoms with Gasteiger partial charge in [0.25, 0.3) is 5.56 Å². The van der Waals surface area contributed by atoms with Gasteiger partial charge in [0, 0.05) is 35.5 Å². The van der Waals surface area contributed by atoms with Crippen LogP contribution in [0.4, 0.5) is 0 Å². The Morgan fingerprint density at radius 3 is 2.93 bits per heavy atom. The molecule has 0 bridgehead atoms. The van der Waals surface area contributed by atoms with Gasteiger partial charge < -0.3 is 4.90 Å². The first kappa shape index (κ1) is 20.6. The molecule has 3 aromatic rings. The van der Waals surface area contributed by atoms with Gasteiger partial charge in [-0.2, -0.15) is 0 Å². The molecule has 154 valence electrons. The van der Waals surface area contributed by atoms with Crippen molar-refractivity contribution in [2.75, 3.05) is 6.54 Å². The van der Waals surface area contributed by atoms with Gasteiger partial charge in [0.2, 0.25) is 5.91 Å². The Kier molecular flexibility index (Phi) is 6.13. The third kappa shape index (κ3) is 3.90. The molecule has 8 heteroatoms. The number of nitrogens with zero attached hydrogens (tertiary/aromatic N) is 3. The van der Waals surface area contributed by atoms with E-state index in [1.165, 1.54) is 29.5 Å². The van der Waals surface area contributed by atoms with E-state index < -0.39 is 0 Å². The summed E-state index contributed by atoms with van der Waals surface area (Å²) in [6, 6.07) is 4.35. The maximum absolute atomic E-state index is 13.1. The topological polar surface area (TPSA) is 55.2 Å². The molecular weight excluding hydrogens is 422 g/mol. The van der Waals surface area contributed by atoms with Crippen LogP contribution in [-0.4, -0.2) is 38.2 Å². The molecule has 1 aliphatic rings. The lowest BCUT2D eigenvalue weighted by atomic mass is 10.00. The largest absolute Gasteiger partial charge is 0.339 e. The highest BCUT2D eigenvalue weighted by atomic mass is 32.2. The quantitative estimate of drug-likeness (QED) is 0.408. The molecule has 1 saturated heterocycles. The number of hydrogen-bond donors (Lipinski definition) is 0. The highest BCUT2D eigenvalue weighted by Gasteiger charge is 2.30.